The van der Waals surface area contributed by atoms with Crippen LogP contribution in [0.15, 0.2) is 48.5 Å². The first-order valence-electron chi connectivity index (χ1n) is 9.46. The molecule has 0 spiro atoms. The summed E-state index contributed by atoms with van der Waals surface area (Å²) in [5, 5.41) is 2.96. The molecule has 1 N–H and O–H groups in total. The molecule has 1 heterocycles. The minimum absolute atomic E-state index is 0.243. The second-order valence-electron chi connectivity index (χ2n) is 6.79. The van der Waals surface area contributed by atoms with Crippen molar-refractivity contribution in [2.45, 2.75) is 33.6 Å². The number of fused-ring (bicyclic) bond motifs is 1. The third-order valence-electron chi connectivity index (χ3n) is 4.67. The van der Waals surface area contributed by atoms with E-state index >= 15 is 0 Å². The number of rotatable bonds is 6. The van der Waals surface area contributed by atoms with Crippen LogP contribution in [0.1, 0.15) is 49.7 Å². The smallest absolute Gasteiger partial charge is 0.278 e. The van der Waals surface area contributed by atoms with E-state index in [0.717, 1.165) is 24.3 Å². The van der Waals surface area contributed by atoms with E-state index in [-0.39, 0.29) is 5.91 Å². The Kier molecular flexibility index (Phi) is 5.69. The van der Waals surface area contributed by atoms with Gasteiger partial charge in [-0.3, -0.25) is 4.79 Å². The molecule has 0 atom stereocenters. The van der Waals surface area contributed by atoms with Gasteiger partial charge >= 0.3 is 0 Å². The van der Waals surface area contributed by atoms with Crippen molar-refractivity contribution in [2.75, 3.05) is 23.3 Å². The fourth-order valence-electron chi connectivity index (χ4n) is 3.03. The summed E-state index contributed by atoms with van der Waals surface area (Å²) >= 11 is 0. The molecule has 0 aliphatic rings. The lowest BCUT2D eigenvalue weighted by Gasteiger charge is -2.22. The number of anilines is 2. The van der Waals surface area contributed by atoms with Crippen LogP contribution >= 0.6 is 0 Å². The number of nitrogens with one attached hydrogen (secondary N) is 1. The summed E-state index contributed by atoms with van der Waals surface area (Å²) in [6.45, 7) is 9.91. The van der Waals surface area contributed by atoms with Gasteiger partial charge in [0.15, 0.2) is 11.5 Å². The second-order valence-corrected chi connectivity index (χ2v) is 6.79. The third-order valence-corrected chi connectivity index (χ3v) is 4.67. The van der Waals surface area contributed by atoms with Crippen molar-refractivity contribution < 1.29 is 4.79 Å². The highest BCUT2D eigenvalue weighted by atomic mass is 16.1. The van der Waals surface area contributed by atoms with Crippen LogP contribution in [-0.2, 0) is 0 Å². The quantitative estimate of drug-likeness (QED) is 0.681. The first-order chi connectivity index (χ1) is 13.0. The molecular formula is C22H26N4O. The standard InChI is InChI=1S/C22H26N4O/c1-5-26(6-2)21-20(24-18-9-7-8-10-19(18)25-21)22(27)23-17-13-11-16(12-14-17)15(3)4/h7-15H,5-6H2,1-4H3,(H,23,27). The molecule has 0 saturated carbocycles. The molecule has 0 fully saturated rings. The Hall–Kier alpha value is -2.95. The Labute approximate surface area is 160 Å². The summed E-state index contributed by atoms with van der Waals surface area (Å²) in [6, 6.07) is 15.6. The Morgan fingerprint density at radius 3 is 2.11 bits per heavy atom. The lowest BCUT2D eigenvalue weighted by atomic mass is 10.0. The summed E-state index contributed by atoms with van der Waals surface area (Å²) in [6.07, 6.45) is 0. The molecule has 0 unspecified atom stereocenters. The van der Waals surface area contributed by atoms with E-state index in [9.17, 15) is 4.79 Å². The van der Waals surface area contributed by atoms with E-state index in [4.69, 9.17) is 4.98 Å². The van der Waals surface area contributed by atoms with Gasteiger partial charge in [-0.25, -0.2) is 9.97 Å². The molecule has 140 valence electrons. The second kappa shape index (κ2) is 8.16. The summed E-state index contributed by atoms with van der Waals surface area (Å²) in [5.41, 5.74) is 3.85. The molecule has 0 aliphatic carbocycles. The van der Waals surface area contributed by atoms with Crippen LogP contribution in [0.25, 0.3) is 11.0 Å². The highest BCUT2D eigenvalue weighted by Gasteiger charge is 2.20. The van der Waals surface area contributed by atoms with Gasteiger partial charge in [0.25, 0.3) is 5.91 Å². The van der Waals surface area contributed by atoms with Crippen molar-refractivity contribution in [3.8, 4) is 0 Å². The molecule has 3 aromatic rings. The molecule has 1 aromatic heterocycles. The van der Waals surface area contributed by atoms with E-state index in [1.807, 2.05) is 62.4 Å². The van der Waals surface area contributed by atoms with Gasteiger partial charge in [-0.15, -0.1) is 0 Å². The van der Waals surface area contributed by atoms with Crippen LogP contribution in [-0.4, -0.2) is 29.0 Å². The predicted molar refractivity (Wildman–Crippen MR) is 112 cm³/mol. The molecule has 27 heavy (non-hydrogen) atoms. The highest BCUT2D eigenvalue weighted by Crippen LogP contribution is 2.23. The zero-order valence-corrected chi connectivity index (χ0v) is 16.4. The molecule has 0 aliphatic heterocycles. The summed E-state index contributed by atoms with van der Waals surface area (Å²) in [7, 11) is 0. The van der Waals surface area contributed by atoms with Crippen molar-refractivity contribution in [3.05, 3.63) is 59.8 Å². The number of carbonyl (C=O) groups excluding carboxylic acids is 1. The number of carbonyl (C=O) groups is 1. The van der Waals surface area contributed by atoms with Gasteiger partial charge in [0, 0.05) is 18.8 Å². The zero-order chi connectivity index (χ0) is 19.4. The molecule has 5 heteroatoms. The van der Waals surface area contributed by atoms with Crippen molar-refractivity contribution in [1.82, 2.24) is 9.97 Å². The van der Waals surface area contributed by atoms with Crippen molar-refractivity contribution in [2.24, 2.45) is 0 Å². The number of nitrogens with zero attached hydrogens (tertiary/aromatic N) is 3. The molecule has 0 saturated heterocycles. The molecule has 5 nitrogen and oxygen atoms in total. The van der Waals surface area contributed by atoms with Gasteiger partial charge in [-0.05, 0) is 49.6 Å². The maximum atomic E-state index is 13.0. The van der Waals surface area contributed by atoms with Crippen molar-refractivity contribution >= 4 is 28.4 Å². The average molecular weight is 362 g/mol. The lowest BCUT2D eigenvalue weighted by Crippen LogP contribution is -2.27. The largest absolute Gasteiger partial charge is 0.355 e. The number of hydrogen-bond acceptors (Lipinski definition) is 4. The monoisotopic (exact) mass is 362 g/mol. The maximum absolute atomic E-state index is 13.0. The Bertz CT molecular complexity index is 931. The van der Waals surface area contributed by atoms with E-state index in [1.54, 1.807) is 0 Å². The SMILES string of the molecule is CCN(CC)c1nc2ccccc2nc1C(=O)Nc1ccc(C(C)C)cc1. The van der Waals surface area contributed by atoms with Crippen LogP contribution < -0.4 is 10.2 Å². The Balaban J connectivity index is 1.97. The molecular weight excluding hydrogens is 336 g/mol. The summed E-state index contributed by atoms with van der Waals surface area (Å²) < 4.78 is 0. The fraction of sp³-hybridized carbons (Fsp3) is 0.318. The molecule has 1 amide bonds. The van der Waals surface area contributed by atoms with E-state index in [1.165, 1.54) is 5.56 Å². The normalized spacial score (nSPS) is 11.0. The van der Waals surface area contributed by atoms with Gasteiger partial charge in [-0.2, -0.15) is 0 Å². The van der Waals surface area contributed by atoms with E-state index in [2.05, 4.69) is 29.0 Å². The number of aromatic nitrogens is 2. The lowest BCUT2D eigenvalue weighted by molar-refractivity contribution is 0.102. The van der Waals surface area contributed by atoms with Crippen LogP contribution in [0.4, 0.5) is 11.5 Å². The minimum atomic E-state index is -0.243. The van der Waals surface area contributed by atoms with Crippen LogP contribution in [0, 0.1) is 0 Å². The maximum Gasteiger partial charge on any atom is 0.278 e. The zero-order valence-electron chi connectivity index (χ0n) is 16.4. The van der Waals surface area contributed by atoms with Gasteiger partial charge in [0.2, 0.25) is 0 Å². The number of benzene rings is 2. The Morgan fingerprint density at radius 1 is 0.963 bits per heavy atom. The summed E-state index contributed by atoms with van der Waals surface area (Å²) in [4.78, 5) is 24.4. The number of hydrogen-bond donors (Lipinski definition) is 1. The number of amides is 1. The third kappa shape index (κ3) is 4.08. The van der Waals surface area contributed by atoms with Gasteiger partial charge in [0.05, 0.1) is 11.0 Å². The first kappa shape index (κ1) is 18.8. The van der Waals surface area contributed by atoms with Crippen molar-refractivity contribution in [3.63, 3.8) is 0 Å². The minimum Gasteiger partial charge on any atom is -0.355 e. The molecule has 2 aromatic carbocycles. The van der Waals surface area contributed by atoms with Crippen LogP contribution in [0.3, 0.4) is 0 Å². The van der Waals surface area contributed by atoms with Gasteiger partial charge in [-0.1, -0.05) is 38.1 Å². The first-order valence-corrected chi connectivity index (χ1v) is 9.46. The van der Waals surface area contributed by atoms with Gasteiger partial charge < -0.3 is 10.2 Å². The molecule has 0 bridgehead atoms. The summed E-state index contributed by atoms with van der Waals surface area (Å²) in [5.74, 6) is 0.831. The van der Waals surface area contributed by atoms with Crippen LogP contribution in [0.2, 0.25) is 0 Å². The van der Waals surface area contributed by atoms with E-state index < -0.39 is 0 Å². The topological polar surface area (TPSA) is 58.1 Å². The highest BCUT2D eigenvalue weighted by molar-refractivity contribution is 6.07. The van der Waals surface area contributed by atoms with E-state index in [0.29, 0.717) is 22.9 Å². The van der Waals surface area contributed by atoms with Gasteiger partial charge in [0.1, 0.15) is 0 Å². The number of para-hydroxylation sites is 2. The van der Waals surface area contributed by atoms with Crippen molar-refractivity contribution in [1.29, 1.82) is 0 Å². The predicted octanol–water partition coefficient (Wildman–Crippen LogP) is 4.85. The molecule has 3 rings (SSSR count). The average Bonchev–Trinajstić information content (AvgIpc) is 2.68. The molecule has 0 radical (unpaired) electrons. The fourth-order valence-corrected chi connectivity index (χ4v) is 3.03. The van der Waals surface area contributed by atoms with Crippen LogP contribution in [0.5, 0.6) is 0 Å². The Morgan fingerprint density at radius 2 is 1.56 bits per heavy atom.